The van der Waals surface area contributed by atoms with Crippen LogP contribution in [0.2, 0.25) is 0 Å². The van der Waals surface area contributed by atoms with Gasteiger partial charge in [-0.2, -0.15) is 0 Å². The van der Waals surface area contributed by atoms with Gasteiger partial charge in [0.25, 0.3) is 0 Å². The zero-order chi connectivity index (χ0) is 18.4. The lowest BCUT2D eigenvalue weighted by Crippen LogP contribution is -2.14. The molecule has 6 nitrogen and oxygen atoms in total. The maximum Gasteiger partial charge on any atom is 0.234 e. The second-order valence-corrected chi connectivity index (χ2v) is 7.25. The highest BCUT2D eigenvalue weighted by molar-refractivity contribution is 8.01. The van der Waals surface area contributed by atoms with Crippen molar-refractivity contribution in [2.24, 2.45) is 0 Å². The summed E-state index contributed by atoms with van der Waals surface area (Å²) < 4.78 is 19.0. The molecule has 0 unspecified atom stereocenters. The van der Waals surface area contributed by atoms with Crippen LogP contribution in [0.15, 0.2) is 52.9 Å². The third-order valence-electron chi connectivity index (χ3n) is 3.19. The summed E-state index contributed by atoms with van der Waals surface area (Å²) in [5.41, 5.74) is 1.21. The Kier molecular flexibility index (Phi) is 6.03. The van der Waals surface area contributed by atoms with Gasteiger partial charge in [0.1, 0.15) is 11.6 Å². The van der Waals surface area contributed by atoms with Crippen molar-refractivity contribution < 1.29 is 13.9 Å². The quantitative estimate of drug-likeness (QED) is 0.590. The number of halogens is 1. The number of anilines is 3. The summed E-state index contributed by atoms with van der Waals surface area (Å²) in [5.74, 6) is 0.284. The van der Waals surface area contributed by atoms with Crippen LogP contribution in [0.1, 0.15) is 0 Å². The van der Waals surface area contributed by atoms with Crippen LogP contribution in [-0.2, 0) is 4.79 Å². The summed E-state index contributed by atoms with van der Waals surface area (Å²) in [4.78, 5) is 12.1. The number of carbonyl (C=O) groups is 1. The van der Waals surface area contributed by atoms with Crippen molar-refractivity contribution in [2.45, 2.75) is 4.34 Å². The van der Waals surface area contributed by atoms with E-state index in [0.717, 1.165) is 0 Å². The van der Waals surface area contributed by atoms with E-state index in [2.05, 4.69) is 20.8 Å². The number of ether oxygens (including phenoxy) is 1. The predicted octanol–water partition coefficient (Wildman–Crippen LogP) is 4.16. The van der Waals surface area contributed by atoms with Gasteiger partial charge in [0.2, 0.25) is 11.0 Å². The van der Waals surface area contributed by atoms with Crippen LogP contribution in [0, 0.1) is 5.82 Å². The Balaban J connectivity index is 1.53. The number of nitrogens with one attached hydrogen (secondary N) is 2. The Morgan fingerprint density at radius 1 is 1.23 bits per heavy atom. The minimum Gasteiger partial charge on any atom is -0.495 e. The average molecular weight is 390 g/mol. The molecule has 2 N–H and O–H groups in total. The number of amides is 1. The summed E-state index contributed by atoms with van der Waals surface area (Å²) in [6.07, 6.45) is 0. The minimum atomic E-state index is -0.331. The molecule has 0 bridgehead atoms. The Morgan fingerprint density at radius 3 is 2.88 bits per heavy atom. The molecular formula is C17H15FN4O2S2. The molecule has 2 aromatic carbocycles. The van der Waals surface area contributed by atoms with Crippen LogP contribution in [0.25, 0.3) is 0 Å². The van der Waals surface area contributed by atoms with Gasteiger partial charge >= 0.3 is 0 Å². The van der Waals surface area contributed by atoms with E-state index in [4.69, 9.17) is 4.74 Å². The Hall–Kier alpha value is -2.65. The number of nitrogens with zero attached hydrogens (tertiary/aromatic N) is 2. The molecule has 0 atom stereocenters. The van der Waals surface area contributed by atoms with Crippen molar-refractivity contribution >= 4 is 45.5 Å². The second kappa shape index (κ2) is 8.63. The molecule has 26 heavy (non-hydrogen) atoms. The van der Waals surface area contributed by atoms with E-state index in [-0.39, 0.29) is 17.5 Å². The smallest absolute Gasteiger partial charge is 0.234 e. The van der Waals surface area contributed by atoms with Crippen LogP contribution < -0.4 is 15.4 Å². The first-order valence-corrected chi connectivity index (χ1v) is 9.36. The van der Waals surface area contributed by atoms with Gasteiger partial charge in [-0.25, -0.2) is 4.39 Å². The second-order valence-electron chi connectivity index (χ2n) is 5.05. The topological polar surface area (TPSA) is 76.1 Å². The number of rotatable bonds is 7. The van der Waals surface area contributed by atoms with E-state index in [9.17, 15) is 9.18 Å². The molecule has 3 aromatic rings. The molecule has 0 aliphatic heterocycles. The highest BCUT2D eigenvalue weighted by atomic mass is 32.2. The first-order chi connectivity index (χ1) is 12.6. The molecule has 1 heterocycles. The molecule has 1 amide bonds. The van der Waals surface area contributed by atoms with Crippen molar-refractivity contribution in [2.75, 3.05) is 23.5 Å². The van der Waals surface area contributed by atoms with E-state index < -0.39 is 0 Å². The minimum absolute atomic E-state index is 0.172. The Labute approximate surface area is 157 Å². The van der Waals surface area contributed by atoms with Crippen LogP contribution in [0.5, 0.6) is 5.75 Å². The van der Waals surface area contributed by atoms with Gasteiger partial charge in [0.05, 0.1) is 18.6 Å². The zero-order valence-corrected chi connectivity index (χ0v) is 15.4. The van der Waals surface area contributed by atoms with Gasteiger partial charge < -0.3 is 15.4 Å². The van der Waals surface area contributed by atoms with Gasteiger partial charge in [-0.05, 0) is 30.3 Å². The molecular weight excluding hydrogens is 375 g/mol. The summed E-state index contributed by atoms with van der Waals surface area (Å²) in [5, 5.41) is 14.3. The molecule has 0 aliphatic carbocycles. The third kappa shape index (κ3) is 4.93. The van der Waals surface area contributed by atoms with Crippen molar-refractivity contribution in [1.29, 1.82) is 0 Å². The SMILES string of the molecule is COc1ccccc1NC(=O)CSc1nnc(Nc2cccc(F)c2)s1. The first kappa shape index (κ1) is 18.2. The molecule has 1 aromatic heterocycles. The van der Waals surface area contributed by atoms with Gasteiger partial charge in [0, 0.05) is 5.69 Å². The van der Waals surface area contributed by atoms with E-state index in [1.807, 2.05) is 12.1 Å². The van der Waals surface area contributed by atoms with E-state index >= 15 is 0 Å². The highest BCUT2D eigenvalue weighted by Gasteiger charge is 2.10. The van der Waals surface area contributed by atoms with Crippen LogP contribution in [0.4, 0.5) is 20.9 Å². The molecule has 134 valence electrons. The molecule has 0 saturated heterocycles. The van der Waals surface area contributed by atoms with Crippen molar-refractivity contribution in [3.63, 3.8) is 0 Å². The fourth-order valence-corrected chi connectivity index (χ4v) is 3.64. The van der Waals surface area contributed by atoms with Crippen molar-refractivity contribution in [3.05, 3.63) is 54.3 Å². The van der Waals surface area contributed by atoms with Crippen molar-refractivity contribution in [1.82, 2.24) is 10.2 Å². The number of thioether (sulfide) groups is 1. The standard InChI is InChI=1S/C17H15FN4O2S2/c1-24-14-8-3-2-7-13(14)20-15(23)10-25-17-22-21-16(26-17)19-12-6-4-5-11(18)9-12/h2-9H,10H2,1H3,(H,19,21)(H,20,23). The Bertz CT molecular complexity index is 904. The van der Waals surface area contributed by atoms with E-state index in [1.165, 1.54) is 35.2 Å². The molecule has 9 heteroatoms. The molecule has 0 saturated carbocycles. The number of carbonyl (C=O) groups excluding carboxylic acids is 1. The van der Waals surface area contributed by atoms with Gasteiger partial charge in [-0.15, -0.1) is 10.2 Å². The summed E-state index contributed by atoms with van der Waals surface area (Å²) >= 11 is 2.57. The largest absolute Gasteiger partial charge is 0.495 e. The molecule has 0 aliphatic rings. The normalized spacial score (nSPS) is 10.4. The maximum absolute atomic E-state index is 13.2. The Morgan fingerprint density at radius 2 is 2.08 bits per heavy atom. The number of para-hydroxylation sites is 2. The zero-order valence-electron chi connectivity index (χ0n) is 13.7. The lowest BCUT2D eigenvalue weighted by molar-refractivity contribution is -0.113. The lowest BCUT2D eigenvalue weighted by Gasteiger charge is -2.08. The fourth-order valence-electron chi connectivity index (χ4n) is 2.07. The maximum atomic E-state index is 13.2. The number of hydrogen-bond donors (Lipinski definition) is 2. The summed E-state index contributed by atoms with van der Waals surface area (Å²) in [7, 11) is 1.55. The summed E-state index contributed by atoms with van der Waals surface area (Å²) in [6.45, 7) is 0. The lowest BCUT2D eigenvalue weighted by atomic mass is 10.3. The summed E-state index contributed by atoms with van der Waals surface area (Å²) in [6, 6.07) is 13.3. The molecule has 0 fully saturated rings. The average Bonchev–Trinajstić information content (AvgIpc) is 3.08. The van der Waals surface area contributed by atoms with Gasteiger partial charge in [-0.1, -0.05) is 41.3 Å². The fraction of sp³-hybridized carbons (Fsp3) is 0.118. The number of hydrogen-bond acceptors (Lipinski definition) is 7. The van der Waals surface area contributed by atoms with Crippen molar-refractivity contribution in [3.8, 4) is 5.75 Å². The van der Waals surface area contributed by atoms with Gasteiger partial charge in [-0.3, -0.25) is 4.79 Å². The molecule has 3 rings (SSSR count). The monoisotopic (exact) mass is 390 g/mol. The third-order valence-corrected chi connectivity index (χ3v) is 5.16. The van der Waals surface area contributed by atoms with Crippen LogP contribution in [0.3, 0.4) is 0 Å². The predicted molar refractivity (Wildman–Crippen MR) is 102 cm³/mol. The molecule has 0 spiro atoms. The first-order valence-electron chi connectivity index (χ1n) is 7.56. The number of benzene rings is 2. The number of methoxy groups -OCH3 is 1. The highest BCUT2D eigenvalue weighted by Crippen LogP contribution is 2.28. The van der Waals surface area contributed by atoms with Crippen LogP contribution in [-0.4, -0.2) is 29.0 Å². The van der Waals surface area contributed by atoms with E-state index in [0.29, 0.717) is 26.6 Å². The van der Waals surface area contributed by atoms with Gasteiger partial charge in [0.15, 0.2) is 4.34 Å². The van der Waals surface area contributed by atoms with Crippen LogP contribution >= 0.6 is 23.1 Å². The number of aromatic nitrogens is 2. The molecule has 0 radical (unpaired) electrons. The van der Waals surface area contributed by atoms with E-state index in [1.54, 1.807) is 31.4 Å².